The van der Waals surface area contributed by atoms with Gasteiger partial charge in [-0.25, -0.2) is 0 Å². The lowest BCUT2D eigenvalue weighted by Crippen LogP contribution is -2.11. The Morgan fingerprint density at radius 3 is 2.53 bits per heavy atom. The molecular weight excluding hydrogens is 210 g/mol. The van der Waals surface area contributed by atoms with Gasteiger partial charge in [-0.05, 0) is 30.4 Å². The summed E-state index contributed by atoms with van der Waals surface area (Å²) >= 11 is 0. The molecule has 2 nitrogen and oxygen atoms in total. The summed E-state index contributed by atoms with van der Waals surface area (Å²) < 4.78 is 0. The van der Waals surface area contributed by atoms with Crippen molar-refractivity contribution < 1.29 is 0 Å². The normalized spacial score (nSPS) is 15.5. The van der Waals surface area contributed by atoms with Gasteiger partial charge in [0.25, 0.3) is 0 Å². The van der Waals surface area contributed by atoms with Gasteiger partial charge in [0.1, 0.15) is 0 Å². The van der Waals surface area contributed by atoms with Gasteiger partial charge in [-0.3, -0.25) is 4.79 Å². The maximum Gasteiger partial charge on any atom is 0.248 e. The van der Waals surface area contributed by atoms with E-state index >= 15 is 0 Å². The lowest BCUT2D eigenvalue weighted by atomic mass is 9.78. The third-order valence-corrected chi connectivity index (χ3v) is 3.56. The third-order valence-electron chi connectivity index (χ3n) is 3.56. The molecule has 0 unspecified atom stereocenters. The Morgan fingerprint density at radius 2 is 1.82 bits per heavy atom. The fourth-order valence-electron chi connectivity index (χ4n) is 2.42. The lowest BCUT2D eigenvalue weighted by molar-refractivity contribution is 0.420. The zero-order valence-electron chi connectivity index (χ0n) is 9.65. The molecule has 86 valence electrons. The average molecular weight is 225 g/mol. The van der Waals surface area contributed by atoms with Gasteiger partial charge in [-0.2, -0.15) is 0 Å². The number of hydrogen-bond acceptors (Lipinski definition) is 1. The molecule has 1 aromatic carbocycles. The minimum absolute atomic E-state index is 0.0362. The highest BCUT2D eigenvalue weighted by atomic mass is 16.1. The van der Waals surface area contributed by atoms with Gasteiger partial charge in [0.15, 0.2) is 0 Å². The number of benzene rings is 1. The molecule has 0 saturated heterocycles. The number of aromatic amines is 1. The van der Waals surface area contributed by atoms with E-state index in [4.69, 9.17) is 0 Å². The molecule has 1 aliphatic rings. The summed E-state index contributed by atoms with van der Waals surface area (Å²) in [5, 5.41) is 0. The molecular formula is C15H15NO. The highest BCUT2D eigenvalue weighted by Crippen LogP contribution is 2.40. The van der Waals surface area contributed by atoms with E-state index < -0.39 is 0 Å². The third kappa shape index (κ3) is 1.91. The monoisotopic (exact) mass is 225 g/mol. The number of hydrogen-bond donors (Lipinski definition) is 1. The van der Waals surface area contributed by atoms with Crippen molar-refractivity contribution in [1.82, 2.24) is 4.98 Å². The summed E-state index contributed by atoms with van der Waals surface area (Å²) in [6.07, 6.45) is 3.87. The van der Waals surface area contributed by atoms with Crippen LogP contribution in [0.15, 0.2) is 47.3 Å². The van der Waals surface area contributed by atoms with Crippen LogP contribution in [-0.2, 0) is 0 Å². The number of aromatic nitrogens is 1. The molecule has 1 aliphatic carbocycles. The Hall–Kier alpha value is -1.83. The van der Waals surface area contributed by atoms with E-state index in [9.17, 15) is 4.79 Å². The molecule has 1 fully saturated rings. The summed E-state index contributed by atoms with van der Waals surface area (Å²) in [6.45, 7) is 0. The van der Waals surface area contributed by atoms with Crippen LogP contribution in [0, 0.1) is 0 Å². The van der Waals surface area contributed by atoms with Gasteiger partial charge >= 0.3 is 0 Å². The number of pyridine rings is 1. The standard InChI is InChI=1S/C15H15NO/c17-15-10-4-9-14(16-15)13-8-2-1-7-12(13)11-5-3-6-11/h1-2,4,7-11H,3,5-6H2,(H,16,17). The fraction of sp³-hybridized carbons (Fsp3) is 0.267. The number of nitrogens with one attached hydrogen (secondary N) is 1. The highest BCUT2D eigenvalue weighted by Gasteiger charge is 2.22. The van der Waals surface area contributed by atoms with E-state index in [2.05, 4.69) is 23.2 Å². The van der Waals surface area contributed by atoms with Crippen molar-refractivity contribution in [3.8, 4) is 11.3 Å². The van der Waals surface area contributed by atoms with Gasteiger partial charge in [-0.15, -0.1) is 0 Å². The molecule has 1 aromatic heterocycles. The number of H-pyrrole nitrogens is 1. The van der Waals surface area contributed by atoms with Gasteiger partial charge in [0.2, 0.25) is 5.56 Å². The smallest absolute Gasteiger partial charge is 0.248 e. The van der Waals surface area contributed by atoms with E-state index in [1.54, 1.807) is 6.07 Å². The van der Waals surface area contributed by atoms with Crippen LogP contribution < -0.4 is 5.56 Å². The van der Waals surface area contributed by atoms with Crippen molar-refractivity contribution in [2.75, 3.05) is 0 Å². The van der Waals surface area contributed by atoms with Crippen molar-refractivity contribution >= 4 is 0 Å². The van der Waals surface area contributed by atoms with E-state index in [1.807, 2.05) is 18.2 Å². The second kappa shape index (κ2) is 4.21. The van der Waals surface area contributed by atoms with Gasteiger partial charge < -0.3 is 4.98 Å². The summed E-state index contributed by atoms with van der Waals surface area (Å²) in [5.41, 5.74) is 3.45. The molecule has 1 saturated carbocycles. The fourth-order valence-corrected chi connectivity index (χ4v) is 2.42. The van der Waals surface area contributed by atoms with Crippen LogP contribution in [0.25, 0.3) is 11.3 Å². The van der Waals surface area contributed by atoms with Gasteiger partial charge in [0.05, 0.1) is 0 Å². The van der Waals surface area contributed by atoms with Gasteiger partial charge in [-0.1, -0.05) is 36.8 Å². The average Bonchev–Trinajstić information content (AvgIpc) is 2.27. The van der Waals surface area contributed by atoms with Crippen LogP contribution in [0.4, 0.5) is 0 Å². The SMILES string of the molecule is O=c1cccc(-c2ccccc2C2CCC2)[nH]1. The molecule has 2 aromatic rings. The zero-order chi connectivity index (χ0) is 11.7. The first kappa shape index (κ1) is 10.3. The minimum atomic E-state index is -0.0362. The predicted octanol–water partition coefficient (Wildman–Crippen LogP) is 3.31. The van der Waals surface area contributed by atoms with E-state index in [0.29, 0.717) is 5.92 Å². The van der Waals surface area contributed by atoms with Crippen LogP contribution in [0.3, 0.4) is 0 Å². The van der Waals surface area contributed by atoms with Crippen LogP contribution in [0.2, 0.25) is 0 Å². The topological polar surface area (TPSA) is 32.9 Å². The summed E-state index contributed by atoms with van der Waals surface area (Å²) in [5.74, 6) is 0.676. The molecule has 0 radical (unpaired) electrons. The lowest BCUT2D eigenvalue weighted by Gasteiger charge is -2.27. The first-order valence-corrected chi connectivity index (χ1v) is 6.13. The van der Waals surface area contributed by atoms with Crippen LogP contribution in [-0.4, -0.2) is 4.98 Å². The Balaban J connectivity index is 2.10. The van der Waals surface area contributed by atoms with Crippen LogP contribution in [0.1, 0.15) is 30.7 Å². The maximum atomic E-state index is 11.4. The molecule has 0 aliphatic heterocycles. The van der Waals surface area contributed by atoms with E-state index in [1.165, 1.54) is 30.4 Å². The largest absolute Gasteiger partial charge is 0.322 e. The zero-order valence-corrected chi connectivity index (χ0v) is 9.65. The Morgan fingerprint density at radius 1 is 1.00 bits per heavy atom. The molecule has 0 amide bonds. The van der Waals surface area contributed by atoms with Crippen LogP contribution >= 0.6 is 0 Å². The van der Waals surface area contributed by atoms with E-state index in [0.717, 1.165) is 5.69 Å². The van der Waals surface area contributed by atoms with Crippen molar-refractivity contribution in [2.45, 2.75) is 25.2 Å². The Bertz CT molecular complexity index is 581. The summed E-state index contributed by atoms with van der Waals surface area (Å²) in [7, 11) is 0. The van der Waals surface area contributed by atoms with Crippen molar-refractivity contribution in [2.24, 2.45) is 0 Å². The van der Waals surface area contributed by atoms with Crippen molar-refractivity contribution in [1.29, 1.82) is 0 Å². The molecule has 3 rings (SSSR count). The quantitative estimate of drug-likeness (QED) is 0.835. The molecule has 2 heteroatoms. The molecule has 0 spiro atoms. The van der Waals surface area contributed by atoms with Crippen molar-refractivity contribution in [3.05, 3.63) is 58.4 Å². The van der Waals surface area contributed by atoms with Crippen molar-refractivity contribution in [3.63, 3.8) is 0 Å². The van der Waals surface area contributed by atoms with Crippen LogP contribution in [0.5, 0.6) is 0 Å². The molecule has 0 atom stereocenters. The maximum absolute atomic E-state index is 11.4. The second-order valence-corrected chi connectivity index (χ2v) is 4.64. The predicted molar refractivity (Wildman–Crippen MR) is 69.1 cm³/mol. The molecule has 0 bridgehead atoms. The van der Waals surface area contributed by atoms with E-state index in [-0.39, 0.29) is 5.56 Å². The Kier molecular flexibility index (Phi) is 2.56. The Labute approximate surface area is 100 Å². The first-order valence-electron chi connectivity index (χ1n) is 6.13. The minimum Gasteiger partial charge on any atom is -0.322 e. The number of rotatable bonds is 2. The van der Waals surface area contributed by atoms with Gasteiger partial charge in [0, 0.05) is 17.3 Å². The highest BCUT2D eigenvalue weighted by molar-refractivity contribution is 5.64. The molecule has 1 heterocycles. The molecule has 1 N–H and O–H groups in total. The molecule has 17 heavy (non-hydrogen) atoms. The second-order valence-electron chi connectivity index (χ2n) is 4.64. The first-order chi connectivity index (χ1) is 8.34. The summed E-state index contributed by atoms with van der Waals surface area (Å²) in [4.78, 5) is 14.3. The summed E-state index contributed by atoms with van der Waals surface area (Å²) in [6, 6.07) is 13.7.